The summed E-state index contributed by atoms with van der Waals surface area (Å²) >= 11 is 2.11. The highest BCUT2D eigenvalue weighted by Gasteiger charge is 2.24. The van der Waals surface area contributed by atoms with Crippen LogP contribution in [0.1, 0.15) is 20.3 Å². The molecule has 0 aromatic carbocycles. The Labute approximate surface area is 145 Å². The minimum atomic E-state index is 0. The minimum Gasteiger partial charge on any atom is -0.355 e. The van der Waals surface area contributed by atoms with E-state index in [1.54, 1.807) is 0 Å². The summed E-state index contributed by atoms with van der Waals surface area (Å²) < 4.78 is 0. The fraction of sp³-hybridized carbons (Fsp3) is 0.929. The average molecular weight is 412 g/mol. The van der Waals surface area contributed by atoms with Gasteiger partial charge in [-0.15, -0.1) is 24.0 Å². The van der Waals surface area contributed by atoms with Gasteiger partial charge in [-0.3, -0.25) is 4.99 Å². The molecule has 1 N–H and O–H groups in total. The van der Waals surface area contributed by atoms with Crippen molar-refractivity contribution in [3.8, 4) is 0 Å². The van der Waals surface area contributed by atoms with Crippen LogP contribution in [-0.4, -0.2) is 73.1 Å². The van der Waals surface area contributed by atoms with Crippen molar-refractivity contribution in [1.82, 2.24) is 15.1 Å². The summed E-state index contributed by atoms with van der Waals surface area (Å²) in [4.78, 5) is 9.37. The van der Waals surface area contributed by atoms with Crippen molar-refractivity contribution < 1.29 is 0 Å². The summed E-state index contributed by atoms with van der Waals surface area (Å²) in [6.45, 7) is 11.6. The van der Waals surface area contributed by atoms with Crippen molar-refractivity contribution in [3.05, 3.63) is 0 Å². The van der Waals surface area contributed by atoms with Crippen LogP contribution >= 0.6 is 35.7 Å². The topological polar surface area (TPSA) is 30.9 Å². The Hall–Kier alpha value is 0.310. The predicted octanol–water partition coefficient (Wildman–Crippen LogP) is 1.96. The van der Waals surface area contributed by atoms with Gasteiger partial charge < -0.3 is 15.1 Å². The molecule has 0 amide bonds. The fourth-order valence-corrected chi connectivity index (χ4v) is 3.83. The Balaban J connectivity index is 0.00000200. The van der Waals surface area contributed by atoms with E-state index >= 15 is 0 Å². The van der Waals surface area contributed by atoms with Crippen LogP contribution in [0.3, 0.4) is 0 Å². The molecular weight excluding hydrogens is 383 g/mol. The summed E-state index contributed by atoms with van der Waals surface area (Å²) in [5, 5.41) is 4.26. The highest BCUT2D eigenvalue weighted by molar-refractivity contribution is 14.0. The number of halogens is 1. The molecule has 2 aliphatic heterocycles. The first-order valence-corrected chi connectivity index (χ1v) is 8.55. The molecule has 2 rings (SSSR count). The SMILES string of the molecule is CN=C(NCCN1CCC1)N1CCSC(C(C)C)C1.I. The van der Waals surface area contributed by atoms with Gasteiger partial charge in [0.05, 0.1) is 0 Å². The largest absolute Gasteiger partial charge is 0.355 e. The number of hydrogen-bond acceptors (Lipinski definition) is 3. The second-order valence-corrected chi connectivity index (χ2v) is 7.12. The molecule has 6 heteroatoms. The Morgan fingerprint density at radius 1 is 1.35 bits per heavy atom. The van der Waals surface area contributed by atoms with Crippen LogP contribution in [0, 0.1) is 5.92 Å². The van der Waals surface area contributed by atoms with Gasteiger partial charge in [-0.1, -0.05) is 13.8 Å². The first-order chi connectivity index (χ1) is 9.20. The summed E-state index contributed by atoms with van der Waals surface area (Å²) in [5.41, 5.74) is 0. The first kappa shape index (κ1) is 18.4. The molecule has 0 radical (unpaired) electrons. The second-order valence-electron chi connectivity index (χ2n) is 5.77. The van der Waals surface area contributed by atoms with Crippen molar-refractivity contribution in [3.63, 3.8) is 0 Å². The Kier molecular flexibility index (Phi) is 8.59. The summed E-state index contributed by atoms with van der Waals surface area (Å²) in [6, 6.07) is 0. The fourth-order valence-electron chi connectivity index (χ4n) is 2.53. The molecule has 0 aliphatic carbocycles. The van der Waals surface area contributed by atoms with Crippen LogP contribution in [0.5, 0.6) is 0 Å². The molecule has 2 aliphatic rings. The summed E-state index contributed by atoms with van der Waals surface area (Å²) in [7, 11) is 1.90. The van der Waals surface area contributed by atoms with E-state index in [2.05, 4.69) is 45.7 Å². The number of aliphatic imine (C=N–C) groups is 1. The van der Waals surface area contributed by atoms with Crippen molar-refractivity contribution in [2.75, 3.05) is 52.1 Å². The highest BCUT2D eigenvalue weighted by Crippen LogP contribution is 2.24. The van der Waals surface area contributed by atoms with Gasteiger partial charge in [-0.05, 0) is 25.4 Å². The molecule has 1 unspecified atom stereocenters. The smallest absolute Gasteiger partial charge is 0.193 e. The maximum Gasteiger partial charge on any atom is 0.193 e. The first-order valence-electron chi connectivity index (χ1n) is 7.50. The zero-order valence-electron chi connectivity index (χ0n) is 13.0. The number of guanidine groups is 1. The lowest BCUT2D eigenvalue weighted by Crippen LogP contribution is -2.51. The normalized spacial score (nSPS) is 24.3. The standard InChI is InChI=1S/C14H28N4S.HI/c1-12(2)13-11-18(9-10-19-13)14(15-3)16-5-8-17-6-4-7-17;/h12-13H,4-11H2,1-3H3,(H,15,16);1H. The zero-order chi connectivity index (χ0) is 13.7. The van der Waals surface area contributed by atoms with Gasteiger partial charge in [0.2, 0.25) is 0 Å². The van der Waals surface area contributed by atoms with E-state index in [9.17, 15) is 0 Å². The Bertz CT molecular complexity index is 308. The molecule has 118 valence electrons. The zero-order valence-corrected chi connectivity index (χ0v) is 16.1. The van der Waals surface area contributed by atoms with Crippen LogP contribution in [-0.2, 0) is 0 Å². The van der Waals surface area contributed by atoms with E-state index in [0.717, 1.165) is 43.3 Å². The molecule has 1 atom stereocenters. The maximum absolute atomic E-state index is 4.45. The third-order valence-corrected chi connectivity index (χ3v) is 5.55. The van der Waals surface area contributed by atoms with Crippen LogP contribution in [0.25, 0.3) is 0 Å². The molecule has 0 spiro atoms. The molecule has 0 aromatic heterocycles. The van der Waals surface area contributed by atoms with Gasteiger partial charge in [0.15, 0.2) is 5.96 Å². The maximum atomic E-state index is 4.45. The van der Waals surface area contributed by atoms with Crippen LogP contribution in [0.4, 0.5) is 0 Å². The summed E-state index contributed by atoms with van der Waals surface area (Å²) in [5.74, 6) is 3.05. The molecule has 2 heterocycles. The lowest BCUT2D eigenvalue weighted by atomic mass is 10.1. The molecule has 2 fully saturated rings. The van der Waals surface area contributed by atoms with Gasteiger partial charge in [-0.2, -0.15) is 11.8 Å². The quantitative estimate of drug-likeness (QED) is 0.435. The average Bonchev–Trinajstić information content (AvgIpc) is 2.37. The predicted molar refractivity (Wildman–Crippen MR) is 100 cm³/mol. The molecule has 20 heavy (non-hydrogen) atoms. The minimum absolute atomic E-state index is 0. The molecular formula is C14H29IN4S. The van der Waals surface area contributed by atoms with E-state index in [0.29, 0.717) is 0 Å². The number of nitrogens with one attached hydrogen (secondary N) is 1. The van der Waals surface area contributed by atoms with Crippen molar-refractivity contribution in [1.29, 1.82) is 0 Å². The van der Waals surface area contributed by atoms with Crippen LogP contribution in [0.15, 0.2) is 4.99 Å². The molecule has 0 aromatic rings. The van der Waals surface area contributed by atoms with Crippen LogP contribution in [0.2, 0.25) is 0 Å². The second kappa shape index (κ2) is 9.35. The number of thioether (sulfide) groups is 1. The highest BCUT2D eigenvalue weighted by atomic mass is 127. The van der Waals surface area contributed by atoms with Gasteiger partial charge >= 0.3 is 0 Å². The van der Waals surface area contributed by atoms with Gasteiger partial charge in [0.1, 0.15) is 0 Å². The molecule has 2 saturated heterocycles. The van der Waals surface area contributed by atoms with E-state index in [-0.39, 0.29) is 24.0 Å². The van der Waals surface area contributed by atoms with Gasteiger partial charge in [0.25, 0.3) is 0 Å². The number of nitrogens with zero attached hydrogens (tertiary/aromatic N) is 3. The van der Waals surface area contributed by atoms with Gasteiger partial charge in [0, 0.05) is 44.2 Å². The van der Waals surface area contributed by atoms with Crippen molar-refractivity contribution in [2.24, 2.45) is 10.9 Å². The third kappa shape index (κ3) is 5.26. The van der Waals surface area contributed by atoms with Crippen molar-refractivity contribution in [2.45, 2.75) is 25.5 Å². The summed E-state index contributed by atoms with van der Waals surface area (Å²) in [6.07, 6.45) is 1.37. The third-order valence-electron chi connectivity index (χ3n) is 4.01. The van der Waals surface area contributed by atoms with E-state index in [4.69, 9.17) is 0 Å². The number of rotatable bonds is 4. The number of likely N-dealkylation sites (tertiary alicyclic amines) is 1. The van der Waals surface area contributed by atoms with Crippen molar-refractivity contribution >= 4 is 41.7 Å². The molecule has 0 saturated carbocycles. The van der Waals surface area contributed by atoms with E-state index in [1.165, 1.54) is 25.3 Å². The molecule has 4 nitrogen and oxygen atoms in total. The van der Waals surface area contributed by atoms with E-state index < -0.39 is 0 Å². The van der Waals surface area contributed by atoms with E-state index in [1.807, 2.05) is 7.05 Å². The Morgan fingerprint density at radius 2 is 2.10 bits per heavy atom. The Morgan fingerprint density at radius 3 is 2.65 bits per heavy atom. The lowest BCUT2D eigenvalue weighted by molar-refractivity contribution is 0.184. The molecule has 0 bridgehead atoms. The lowest BCUT2D eigenvalue weighted by Gasteiger charge is -2.37. The monoisotopic (exact) mass is 412 g/mol. The van der Waals surface area contributed by atoms with Gasteiger partial charge in [-0.25, -0.2) is 0 Å². The number of hydrogen-bond donors (Lipinski definition) is 1. The van der Waals surface area contributed by atoms with Crippen LogP contribution < -0.4 is 5.32 Å².